The van der Waals surface area contributed by atoms with Crippen molar-refractivity contribution < 1.29 is 4.74 Å². The highest BCUT2D eigenvalue weighted by Crippen LogP contribution is 2.46. The summed E-state index contributed by atoms with van der Waals surface area (Å²) in [5, 5.41) is 6.62. The average Bonchev–Trinajstić information content (AvgIpc) is 3.09. The van der Waals surface area contributed by atoms with Crippen molar-refractivity contribution in [2.75, 3.05) is 0 Å². The van der Waals surface area contributed by atoms with Gasteiger partial charge < -0.3 is 4.74 Å². The zero-order valence-corrected chi connectivity index (χ0v) is 23.4. The van der Waals surface area contributed by atoms with Crippen molar-refractivity contribution in [2.24, 2.45) is 0 Å². The minimum Gasteiger partial charge on any atom is -0.456 e. The van der Waals surface area contributed by atoms with Gasteiger partial charge in [-0.25, -0.2) is 0 Å². The average molecular weight is 550 g/mol. The van der Waals surface area contributed by atoms with E-state index in [-0.39, 0.29) is 0 Å². The molecule has 43 heavy (non-hydrogen) atoms. The summed E-state index contributed by atoms with van der Waals surface area (Å²) in [5.41, 5.74) is 7.02. The zero-order chi connectivity index (χ0) is 28.6. The molecule has 0 unspecified atom stereocenters. The van der Waals surface area contributed by atoms with Crippen LogP contribution in [0.25, 0.3) is 65.7 Å². The SMILES string of the molecule is c1ccc(-c2cc(-c3ccccc3)cc(-c3c4ccccc4c(Oc4ccc5ccccc5c4)c4ccncc34)c2)cc1. The first-order chi connectivity index (χ1) is 21.3. The van der Waals surface area contributed by atoms with Crippen LogP contribution in [0.4, 0.5) is 0 Å². The van der Waals surface area contributed by atoms with Crippen molar-refractivity contribution in [1.29, 1.82) is 0 Å². The predicted octanol–water partition coefficient (Wildman–Crippen LogP) is 11.3. The van der Waals surface area contributed by atoms with Gasteiger partial charge in [0.05, 0.1) is 0 Å². The molecule has 0 amide bonds. The normalized spacial score (nSPS) is 11.3. The predicted molar refractivity (Wildman–Crippen MR) is 180 cm³/mol. The number of nitrogens with zero attached hydrogens (tertiary/aromatic N) is 1. The monoisotopic (exact) mass is 549 g/mol. The number of benzene rings is 7. The van der Waals surface area contributed by atoms with E-state index in [9.17, 15) is 0 Å². The van der Waals surface area contributed by atoms with Crippen molar-refractivity contribution in [3.05, 3.63) is 164 Å². The first kappa shape index (κ1) is 25.0. The number of aromatic nitrogens is 1. The summed E-state index contributed by atoms with van der Waals surface area (Å²) in [7, 11) is 0. The summed E-state index contributed by atoms with van der Waals surface area (Å²) in [6, 6.07) is 53.4. The van der Waals surface area contributed by atoms with Crippen LogP contribution in [0.2, 0.25) is 0 Å². The van der Waals surface area contributed by atoms with E-state index in [0.717, 1.165) is 49.6 Å². The van der Waals surface area contributed by atoms with E-state index in [2.05, 4.69) is 151 Å². The Morgan fingerprint density at radius 3 is 1.70 bits per heavy atom. The number of rotatable bonds is 5. The highest BCUT2D eigenvalue weighted by Gasteiger charge is 2.18. The third-order valence-electron chi connectivity index (χ3n) is 8.15. The van der Waals surface area contributed by atoms with Crippen LogP contribution in [0.5, 0.6) is 11.5 Å². The second kappa shape index (κ2) is 10.6. The number of fused-ring (bicyclic) bond motifs is 3. The maximum Gasteiger partial charge on any atom is 0.143 e. The quantitative estimate of drug-likeness (QED) is 0.199. The molecule has 0 radical (unpaired) electrons. The van der Waals surface area contributed by atoms with Crippen LogP contribution in [0, 0.1) is 0 Å². The van der Waals surface area contributed by atoms with Gasteiger partial charge in [0, 0.05) is 28.6 Å². The van der Waals surface area contributed by atoms with E-state index < -0.39 is 0 Å². The molecule has 8 aromatic rings. The maximum atomic E-state index is 6.76. The van der Waals surface area contributed by atoms with Gasteiger partial charge in [0.15, 0.2) is 0 Å². The van der Waals surface area contributed by atoms with Crippen LogP contribution in [-0.4, -0.2) is 4.98 Å². The molecule has 0 aliphatic carbocycles. The highest BCUT2D eigenvalue weighted by molar-refractivity contribution is 6.17. The Hall–Kier alpha value is -5.73. The number of hydrogen-bond acceptors (Lipinski definition) is 2. The van der Waals surface area contributed by atoms with Gasteiger partial charge in [0.1, 0.15) is 11.5 Å². The van der Waals surface area contributed by atoms with Gasteiger partial charge in [-0.15, -0.1) is 0 Å². The lowest BCUT2D eigenvalue weighted by atomic mass is 9.88. The van der Waals surface area contributed by atoms with Crippen LogP contribution in [-0.2, 0) is 0 Å². The second-order valence-electron chi connectivity index (χ2n) is 10.8. The van der Waals surface area contributed by atoms with Crippen molar-refractivity contribution in [2.45, 2.75) is 0 Å². The Labute approximate surface area is 250 Å². The lowest BCUT2D eigenvalue weighted by Gasteiger charge is -2.19. The molecule has 0 bridgehead atoms. The number of hydrogen-bond donors (Lipinski definition) is 0. The largest absolute Gasteiger partial charge is 0.456 e. The van der Waals surface area contributed by atoms with Crippen LogP contribution >= 0.6 is 0 Å². The van der Waals surface area contributed by atoms with Crippen LogP contribution in [0.3, 0.4) is 0 Å². The Kier molecular flexibility index (Phi) is 6.16. The molecule has 0 spiro atoms. The Morgan fingerprint density at radius 2 is 0.977 bits per heavy atom. The molecule has 1 aromatic heterocycles. The van der Waals surface area contributed by atoms with Gasteiger partial charge >= 0.3 is 0 Å². The molecule has 202 valence electrons. The maximum absolute atomic E-state index is 6.76. The van der Waals surface area contributed by atoms with Crippen molar-refractivity contribution in [1.82, 2.24) is 4.98 Å². The van der Waals surface area contributed by atoms with E-state index in [1.54, 1.807) is 0 Å². The summed E-state index contributed by atoms with van der Waals surface area (Å²) in [5.74, 6) is 1.65. The molecule has 1 heterocycles. The molecule has 7 aromatic carbocycles. The number of pyridine rings is 1. The Balaban J connectivity index is 1.39. The Bertz CT molecular complexity index is 2140. The van der Waals surface area contributed by atoms with Crippen LogP contribution in [0.1, 0.15) is 0 Å². The van der Waals surface area contributed by atoms with Crippen molar-refractivity contribution in [3.8, 4) is 44.9 Å². The van der Waals surface area contributed by atoms with Gasteiger partial charge in [-0.3, -0.25) is 4.98 Å². The molecule has 2 nitrogen and oxygen atoms in total. The lowest BCUT2D eigenvalue weighted by molar-refractivity contribution is 0.494. The number of ether oxygens (including phenoxy) is 1. The fourth-order valence-electron chi connectivity index (χ4n) is 6.12. The fraction of sp³-hybridized carbons (Fsp3) is 0. The molecule has 0 atom stereocenters. The van der Waals surface area contributed by atoms with E-state index in [4.69, 9.17) is 4.74 Å². The van der Waals surface area contributed by atoms with Crippen LogP contribution in [0.15, 0.2) is 164 Å². The third kappa shape index (κ3) is 4.60. The zero-order valence-electron chi connectivity index (χ0n) is 23.4. The van der Waals surface area contributed by atoms with E-state index >= 15 is 0 Å². The van der Waals surface area contributed by atoms with E-state index in [0.29, 0.717) is 0 Å². The van der Waals surface area contributed by atoms with E-state index in [1.807, 2.05) is 18.5 Å². The van der Waals surface area contributed by atoms with E-state index in [1.165, 1.54) is 27.6 Å². The summed E-state index contributed by atoms with van der Waals surface area (Å²) >= 11 is 0. The van der Waals surface area contributed by atoms with Gasteiger partial charge in [0.25, 0.3) is 0 Å². The molecule has 0 saturated carbocycles. The second-order valence-corrected chi connectivity index (χ2v) is 10.8. The first-order valence-corrected chi connectivity index (χ1v) is 14.5. The van der Waals surface area contributed by atoms with Gasteiger partial charge in [-0.2, -0.15) is 0 Å². The molecular weight excluding hydrogens is 522 g/mol. The molecule has 0 saturated heterocycles. The fourth-order valence-corrected chi connectivity index (χ4v) is 6.12. The molecule has 8 rings (SSSR count). The standard InChI is InChI=1S/C41H27NO/c1-3-11-28(12-4-1)32-23-33(29-13-5-2-6-14-29)25-34(24-32)40-36-17-9-10-18-37(36)41(38-21-22-42-27-39(38)40)43-35-20-19-30-15-7-8-16-31(30)26-35/h1-27H. The lowest BCUT2D eigenvalue weighted by Crippen LogP contribution is -1.94. The topological polar surface area (TPSA) is 22.1 Å². The summed E-state index contributed by atoms with van der Waals surface area (Å²) in [6.07, 6.45) is 3.83. The minimum absolute atomic E-state index is 0.812. The molecule has 0 aliphatic rings. The summed E-state index contributed by atoms with van der Waals surface area (Å²) in [6.45, 7) is 0. The van der Waals surface area contributed by atoms with Gasteiger partial charge in [-0.05, 0) is 85.9 Å². The molecule has 0 aliphatic heterocycles. The smallest absolute Gasteiger partial charge is 0.143 e. The Morgan fingerprint density at radius 1 is 0.395 bits per heavy atom. The molecule has 0 fully saturated rings. The molecule has 0 N–H and O–H groups in total. The summed E-state index contributed by atoms with van der Waals surface area (Å²) in [4.78, 5) is 4.60. The first-order valence-electron chi connectivity index (χ1n) is 14.5. The molecule has 2 heteroatoms. The van der Waals surface area contributed by atoms with Crippen LogP contribution < -0.4 is 4.74 Å². The third-order valence-corrected chi connectivity index (χ3v) is 8.15. The van der Waals surface area contributed by atoms with Gasteiger partial charge in [0.2, 0.25) is 0 Å². The molecular formula is C41H27NO. The minimum atomic E-state index is 0.812. The van der Waals surface area contributed by atoms with Crippen molar-refractivity contribution in [3.63, 3.8) is 0 Å². The highest BCUT2D eigenvalue weighted by atomic mass is 16.5. The van der Waals surface area contributed by atoms with Gasteiger partial charge in [-0.1, -0.05) is 115 Å². The summed E-state index contributed by atoms with van der Waals surface area (Å²) < 4.78 is 6.76. The van der Waals surface area contributed by atoms with Crippen molar-refractivity contribution >= 4 is 32.3 Å².